The van der Waals surface area contributed by atoms with E-state index in [0.717, 1.165) is 17.9 Å². The molecule has 1 aliphatic rings. The lowest BCUT2D eigenvalue weighted by atomic mass is 10.1. The van der Waals surface area contributed by atoms with E-state index in [1.54, 1.807) is 0 Å². The summed E-state index contributed by atoms with van der Waals surface area (Å²) in [5.41, 5.74) is 0.995. The average molecular weight is 307 g/mol. The number of aliphatic hydroxyl groups is 1. The summed E-state index contributed by atoms with van der Waals surface area (Å²) in [5, 5.41) is 15.3. The molecule has 0 spiro atoms. The number of β-amino-alcohol motifs (C(OH)–C–C–N with tert-alkyl or cyclic N) is 1. The highest BCUT2D eigenvalue weighted by Crippen LogP contribution is 2.13. The molecule has 22 heavy (non-hydrogen) atoms. The van der Waals surface area contributed by atoms with Crippen LogP contribution in [0.4, 0.5) is 0 Å². The monoisotopic (exact) mass is 307 g/mol. The van der Waals surface area contributed by atoms with Gasteiger partial charge >= 0.3 is 0 Å². The molecule has 1 aliphatic heterocycles. The molecular weight excluding hydrogens is 282 g/mol. The molecule has 1 aromatic rings. The van der Waals surface area contributed by atoms with Crippen LogP contribution in [0.3, 0.4) is 0 Å². The molecule has 2 rings (SSSR count). The molecule has 0 radical (unpaired) electrons. The summed E-state index contributed by atoms with van der Waals surface area (Å²) in [7, 11) is 4.01. The summed E-state index contributed by atoms with van der Waals surface area (Å²) in [6.45, 7) is 2.43. The third-order valence-corrected chi connectivity index (χ3v) is 3.60. The second-order valence-electron chi connectivity index (χ2n) is 5.87. The number of nitrogens with one attached hydrogen (secondary N) is 2. The van der Waals surface area contributed by atoms with Crippen LogP contribution in [0, 0.1) is 0 Å². The highest BCUT2D eigenvalue weighted by Gasteiger charge is 2.27. The van der Waals surface area contributed by atoms with Gasteiger partial charge in [0.05, 0.1) is 12.1 Å². The van der Waals surface area contributed by atoms with Crippen LogP contribution in [0.2, 0.25) is 0 Å². The zero-order chi connectivity index (χ0) is 15.9. The van der Waals surface area contributed by atoms with Gasteiger partial charge in [-0.3, -0.25) is 4.79 Å². The Morgan fingerprint density at radius 1 is 1.50 bits per heavy atom. The lowest BCUT2D eigenvalue weighted by Crippen LogP contribution is -2.40. The van der Waals surface area contributed by atoms with Crippen LogP contribution in [0.25, 0.3) is 0 Å². The van der Waals surface area contributed by atoms with Crippen LogP contribution in [0.5, 0.6) is 5.75 Å². The van der Waals surface area contributed by atoms with Crippen molar-refractivity contribution in [2.45, 2.75) is 25.1 Å². The maximum absolute atomic E-state index is 12.0. The van der Waals surface area contributed by atoms with Crippen LogP contribution < -0.4 is 15.4 Å². The van der Waals surface area contributed by atoms with Crippen LogP contribution in [-0.2, 0) is 11.3 Å². The van der Waals surface area contributed by atoms with Crippen molar-refractivity contribution in [3.8, 4) is 5.75 Å². The fraction of sp³-hybridized carbons (Fsp3) is 0.562. The molecule has 6 nitrogen and oxygen atoms in total. The number of aliphatic hydroxyl groups excluding tert-OH is 1. The van der Waals surface area contributed by atoms with Gasteiger partial charge in [-0.1, -0.05) is 12.1 Å². The second kappa shape index (κ2) is 8.12. The van der Waals surface area contributed by atoms with Crippen molar-refractivity contribution in [1.82, 2.24) is 15.5 Å². The number of amides is 1. The molecule has 3 N–H and O–H groups in total. The highest BCUT2D eigenvalue weighted by molar-refractivity contribution is 5.82. The maximum Gasteiger partial charge on any atom is 0.237 e. The lowest BCUT2D eigenvalue weighted by molar-refractivity contribution is -0.123. The summed E-state index contributed by atoms with van der Waals surface area (Å²) < 4.78 is 5.68. The SMILES string of the molecule is CN(C)CCOc1cccc(CNC(=O)C2CC(O)CN2)c1. The number of likely N-dealkylation sites (N-methyl/N-ethyl adjacent to an activating group) is 1. The summed E-state index contributed by atoms with van der Waals surface area (Å²) in [6, 6.07) is 7.43. The number of benzene rings is 1. The first-order valence-corrected chi connectivity index (χ1v) is 7.60. The van der Waals surface area contributed by atoms with E-state index in [4.69, 9.17) is 4.74 Å². The number of carbonyl (C=O) groups excluding carboxylic acids is 1. The van der Waals surface area contributed by atoms with Gasteiger partial charge in [0.15, 0.2) is 0 Å². The summed E-state index contributed by atoms with van der Waals surface area (Å²) in [6.07, 6.45) is 0.0451. The van der Waals surface area contributed by atoms with Gasteiger partial charge < -0.3 is 25.4 Å². The Labute approximate surface area is 131 Å². The van der Waals surface area contributed by atoms with Crippen LogP contribution >= 0.6 is 0 Å². The number of carbonyl (C=O) groups is 1. The minimum atomic E-state index is -0.427. The van der Waals surface area contributed by atoms with E-state index in [0.29, 0.717) is 26.1 Å². The molecule has 0 aliphatic carbocycles. The molecule has 0 aromatic heterocycles. The van der Waals surface area contributed by atoms with Crippen molar-refractivity contribution in [3.05, 3.63) is 29.8 Å². The van der Waals surface area contributed by atoms with Crippen LogP contribution in [-0.4, -0.2) is 61.9 Å². The van der Waals surface area contributed by atoms with E-state index in [1.807, 2.05) is 38.4 Å². The fourth-order valence-corrected chi connectivity index (χ4v) is 2.32. The van der Waals surface area contributed by atoms with Crippen molar-refractivity contribution in [1.29, 1.82) is 0 Å². The number of nitrogens with zero attached hydrogens (tertiary/aromatic N) is 1. The molecule has 0 bridgehead atoms. The van der Waals surface area contributed by atoms with Gasteiger partial charge in [0.1, 0.15) is 12.4 Å². The van der Waals surface area contributed by atoms with E-state index in [1.165, 1.54) is 0 Å². The Hall–Kier alpha value is -1.63. The largest absolute Gasteiger partial charge is 0.492 e. The maximum atomic E-state index is 12.0. The van der Waals surface area contributed by atoms with Gasteiger partial charge in [-0.15, -0.1) is 0 Å². The van der Waals surface area contributed by atoms with Crippen molar-refractivity contribution in [2.24, 2.45) is 0 Å². The molecule has 1 fully saturated rings. The molecule has 1 saturated heterocycles. The molecule has 2 atom stereocenters. The summed E-state index contributed by atoms with van der Waals surface area (Å²) >= 11 is 0. The quantitative estimate of drug-likeness (QED) is 0.659. The van der Waals surface area contributed by atoms with Crippen molar-refractivity contribution < 1.29 is 14.6 Å². The Balaban J connectivity index is 1.78. The summed E-state index contributed by atoms with van der Waals surface area (Å²) in [5.74, 6) is 0.735. The Morgan fingerprint density at radius 2 is 2.32 bits per heavy atom. The van der Waals surface area contributed by atoms with Crippen molar-refractivity contribution in [3.63, 3.8) is 0 Å². The molecule has 1 heterocycles. The predicted octanol–water partition coefficient (Wildman–Crippen LogP) is -0.0340. The highest BCUT2D eigenvalue weighted by atomic mass is 16.5. The Kier molecular flexibility index (Phi) is 6.18. The molecule has 1 amide bonds. The smallest absolute Gasteiger partial charge is 0.237 e. The first-order chi connectivity index (χ1) is 10.5. The normalized spacial score (nSPS) is 21.1. The Morgan fingerprint density at radius 3 is 3.00 bits per heavy atom. The molecule has 1 aromatic carbocycles. The van der Waals surface area contributed by atoms with Crippen LogP contribution in [0.1, 0.15) is 12.0 Å². The van der Waals surface area contributed by atoms with E-state index < -0.39 is 6.10 Å². The molecule has 6 heteroatoms. The second-order valence-corrected chi connectivity index (χ2v) is 5.87. The third kappa shape index (κ3) is 5.29. The topological polar surface area (TPSA) is 73.8 Å². The van der Waals surface area contributed by atoms with Gasteiger partial charge in [0, 0.05) is 19.6 Å². The Bertz CT molecular complexity index is 493. The predicted molar refractivity (Wildman–Crippen MR) is 84.8 cm³/mol. The molecule has 0 saturated carbocycles. The van der Waals surface area contributed by atoms with Gasteiger partial charge in [-0.05, 0) is 38.2 Å². The number of ether oxygens (including phenoxy) is 1. The first kappa shape index (κ1) is 16.7. The van der Waals surface area contributed by atoms with Crippen molar-refractivity contribution >= 4 is 5.91 Å². The number of rotatable bonds is 7. The molecule has 2 unspecified atom stereocenters. The van der Waals surface area contributed by atoms with E-state index >= 15 is 0 Å². The first-order valence-electron chi connectivity index (χ1n) is 7.60. The van der Waals surface area contributed by atoms with E-state index in [9.17, 15) is 9.90 Å². The van der Waals surface area contributed by atoms with E-state index in [2.05, 4.69) is 15.5 Å². The fourth-order valence-electron chi connectivity index (χ4n) is 2.32. The summed E-state index contributed by atoms with van der Waals surface area (Å²) in [4.78, 5) is 14.0. The molecular formula is C16H25N3O3. The number of hydrogen-bond acceptors (Lipinski definition) is 5. The zero-order valence-corrected chi connectivity index (χ0v) is 13.2. The van der Waals surface area contributed by atoms with Gasteiger partial charge in [-0.2, -0.15) is 0 Å². The average Bonchev–Trinajstić information content (AvgIpc) is 2.91. The third-order valence-electron chi connectivity index (χ3n) is 3.60. The zero-order valence-electron chi connectivity index (χ0n) is 13.2. The van der Waals surface area contributed by atoms with Crippen LogP contribution in [0.15, 0.2) is 24.3 Å². The standard InChI is InChI=1S/C16H25N3O3/c1-19(2)6-7-22-14-5-3-4-12(8-14)10-18-16(21)15-9-13(20)11-17-15/h3-5,8,13,15,17,20H,6-7,9-11H2,1-2H3,(H,18,21). The van der Waals surface area contributed by atoms with E-state index in [-0.39, 0.29) is 11.9 Å². The van der Waals surface area contributed by atoms with Crippen molar-refractivity contribution in [2.75, 3.05) is 33.8 Å². The lowest BCUT2D eigenvalue weighted by Gasteiger charge is -2.13. The minimum Gasteiger partial charge on any atom is -0.492 e. The van der Waals surface area contributed by atoms with Gasteiger partial charge in [0.25, 0.3) is 0 Å². The van der Waals surface area contributed by atoms with Gasteiger partial charge in [0.2, 0.25) is 5.91 Å². The molecule has 122 valence electrons. The number of hydrogen-bond donors (Lipinski definition) is 3. The van der Waals surface area contributed by atoms with Gasteiger partial charge in [-0.25, -0.2) is 0 Å². The minimum absolute atomic E-state index is 0.0736.